The van der Waals surface area contributed by atoms with E-state index in [4.69, 9.17) is 23.2 Å². The Hall–Kier alpha value is -1.60. The standard InChI is InChI=1S/C18H21Cl2N3O2S/c1-12(18(25)21-8-7-14-4-3-9-26-14)23(2)11-17(24)22-13-5-6-15(19)16(20)10-13/h3-6,9-10,12H,7-8,11H2,1-2H3,(H,21,25)(H,22,24)/t12-/m0/s1. The maximum Gasteiger partial charge on any atom is 0.238 e. The first-order valence-corrected chi connectivity index (χ1v) is 9.75. The number of halogens is 2. The number of thiophene rings is 1. The van der Waals surface area contributed by atoms with E-state index in [-0.39, 0.29) is 18.4 Å². The van der Waals surface area contributed by atoms with E-state index in [0.717, 1.165) is 6.42 Å². The van der Waals surface area contributed by atoms with Gasteiger partial charge in [0.05, 0.1) is 22.6 Å². The average Bonchev–Trinajstić information content (AvgIpc) is 3.10. The van der Waals surface area contributed by atoms with Gasteiger partial charge in [0.25, 0.3) is 0 Å². The van der Waals surface area contributed by atoms with Gasteiger partial charge in [-0.2, -0.15) is 0 Å². The summed E-state index contributed by atoms with van der Waals surface area (Å²) in [6.45, 7) is 2.43. The Balaban J connectivity index is 1.77. The molecule has 0 aliphatic heterocycles. The summed E-state index contributed by atoms with van der Waals surface area (Å²) < 4.78 is 0. The highest BCUT2D eigenvalue weighted by Crippen LogP contribution is 2.24. The second kappa shape index (κ2) is 9.92. The van der Waals surface area contributed by atoms with Gasteiger partial charge in [0.1, 0.15) is 0 Å². The molecule has 2 amide bonds. The van der Waals surface area contributed by atoms with Crippen LogP contribution in [0.25, 0.3) is 0 Å². The monoisotopic (exact) mass is 413 g/mol. The summed E-state index contributed by atoms with van der Waals surface area (Å²) in [5.74, 6) is -0.337. The lowest BCUT2D eigenvalue weighted by Crippen LogP contribution is -2.46. The number of carbonyl (C=O) groups is 2. The topological polar surface area (TPSA) is 61.4 Å². The third kappa shape index (κ3) is 6.29. The fraction of sp³-hybridized carbons (Fsp3) is 0.333. The number of carbonyl (C=O) groups excluding carboxylic acids is 2. The molecule has 0 aliphatic carbocycles. The number of amides is 2. The molecule has 0 unspecified atom stereocenters. The normalized spacial score (nSPS) is 12.0. The van der Waals surface area contributed by atoms with Crippen molar-refractivity contribution < 1.29 is 9.59 Å². The van der Waals surface area contributed by atoms with Crippen molar-refractivity contribution in [2.24, 2.45) is 0 Å². The molecule has 0 aliphatic rings. The first kappa shape index (κ1) is 20.7. The molecule has 2 rings (SSSR count). The van der Waals surface area contributed by atoms with Crippen molar-refractivity contribution >= 4 is 52.0 Å². The van der Waals surface area contributed by atoms with Gasteiger partial charge in [0, 0.05) is 17.1 Å². The Morgan fingerprint density at radius 2 is 2.00 bits per heavy atom. The zero-order chi connectivity index (χ0) is 19.1. The maximum absolute atomic E-state index is 12.2. The largest absolute Gasteiger partial charge is 0.354 e. The summed E-state index contributed by atoms with van der Waals surface area (Å²) in [7, 11) is 1.73. The Kier molecular flexibility index (Phi) is 7.90. The molecular formula is C18H21Cl2N3O2S. The maximum atomic E-state index is 12.2. The van der Waals surface area contributed by atoms with E-state index >= 15 is 0 Å². The van der Waals surface area contributed by atoms with Crippen LogP contribution >= 0.6 is 34.5 Å². The predicted molar refractivity (Wildman–Crippen MR) is 108 cm³/mol. The zero-order valence-electron chi connectivity index (χ0n) is 14.6. The minimum atomic E-state index is -0.419. The Bertz CT molecular complexity index is 753. The third-order valence-electron chi connectivity index (χ3n) is 3.89. The molecule has 2 N–H and O–H groups in total. The summed E-state index contributed by atoms with van der Waals surface area (Å²) in [5.41, 5.74) is 0.561. The van der Waals surface area contributed by atoms with Crippen LogP contribution in [-0.2, 0) is 16.0 Å². The van der Waals surface area contributed by atoms with Gasteiger partial charge in [-0.05, 0) is 50.0 Å². The van der Waals surface area contributed by atoms with Crippen LogP contribution in [0.4, 0.5) is 5.69 Å². The van der Waals surface area contributed by atoms with Crippen molar-refractivity contribution in [2.45, 2.75) is 19.4 Å². The molecular weight excluding hydrogens is 393 g/mol. The van der Waals surface area contributed by atoms with Crippen molar-refractivity contribution in [1.82, 2.24) is 10.2 Å². The Labute approximate surface area is 167 Å². The molecule has 1 heterocycles. The van der Waals surface area contributed by atoms with E-state index in [1.165, 1.54) is 4.88 Å². The van der Waals surface area contributed by atoms with Crippen LogP contribution in [0.2, 0.25) is 10.0 Å². The third-order valence-corrected chi connectivity index (χ3v) is 5.56. The van der Waals surface area contributed by atoms with Crippen LogP contribution in [0.5, 0.6) is 0 Å². The van der Waals surface area contributed by atoms with Gasteiger partial charge in [0.2, 0.25) is 11.8 Å². The molecule has 0 saturated carbocycles. The van der Waals surface area contributed by atoms with Crippen LogP contribution in [0.3, 0.4) is 0 Å². The number of rotatable bonds is 8. The van der Waals surface area contributed by atoms with Gasteiger partial charge in [0.15, 0.2) is 0 Å². The first-order chi connectivity index (χ1) is 12.4. The Morgan fingerprint density at radius 1 is 1.23 bits per heavy atom. The molecule has 2 aromatic rings. The minimum Gasteiger partial charge on any atom is -0.354 e. The number of hydrogen-bond acceptors (Lipinski definition) is 4. The lowest BCUT2D eigenvalue weighted by Gasteiger charge is -2.23. The van der Waals surface area contributed by atoms with Crippen molar-refractivity contribution in [2.75, 3.05) is 25.5 Å². The Morgan fingerprint density at radius 3 is 2.65 bits per heavy atom. The number of hydrogen-bond donors (Lipinski definition) is 2. The number of nitrogens with zero attached hydrogens (tertiary/aromatic N) is 1. The predicted octanol–water partition coefficient (Wildman–Crippen LogP) is 3.67. The lowest BCUT2D eigenvalue weighted by molar-refractivity contribution is -0.126. The molecule has 1 atom stereocenters. The van der Waals surface area contributed by atoms with E-state index in [1.807, 2.05) is 17.5 Å². The van der Waals surface area contributed by atoms with Crippen molar-refractivity contribution in [3.8, 4) is 0 Å². The van der Waals surface area contributed by atoms with Crippen molar-refractivity contribution in [1.29, 1.82) is 0 Å². The molecule has 26 heavy (non-hydrogen) atoms. The van der Waals surface area contributed by atoms with Gasteiger partial charge in [-0.1, -0.05) is 29.3 Å². The van der Waals surface area contributed by atoms with Crippen LogP contribution in [0.15, 0.2) is 35.7 Å². The van der Waals surface area contributed by atoms with Crippen LogP contribution < -0.4 is 10.6 Å². The summed E-state index contributed by atoms with van der Waals surface area (Å²) in [6.07, 6.45) is 0.803. The highest BCUT2D eigenvalue weighted by molar-refractivity contribution is 7.09. The molecule has 0 fully saturated rings. The van der Waals surface area contributed by atoms with Crippen molar-refractivity contribution in [3.05, 3.63) is 50.6 Å². The van der Waals surface area contributed by atoms with Crippen LogP contribution in [-0.4, -0.2) is 42.9 Å². The molecule has 0 saturated heterocycles. The summed E-state index contributed by atoms with van der Waals surface area (Å²) in [6, 6.07) is 8.49. The van der Waals surface area contributed by atoms with Gasteiger partial charge >= 0.3 is 0 Å². The van der Waals surface area contributed by atoms with E-state index in [1.54, 1.807) is 48.4 Å². The number of anilines is 1. The van der Waals surface area contributed by atoms with Crippen molar-refractivity contribution in [3.63, 3.8) is 0 Å². The fourth-order valence-electron chi connectivity index (χ4n) is 2.25. The smallest absolute Gasteiger partial charge is 0.238 e. The second-order valence-corrected chi connectivity index (χ2v) is 7.74. The van der Waals surface area contributed by atoms with E-state index < -0.39 is 6.04 Å². The lowest BCUT2D eigenvalue weighted by atomic mass is 10.2. The molecule has 5 nitrogen and oxygen atoms in total. The van der Waals surface area contributed by atoms with Gasteiger partial charge in [-0.15, -0.1) is 11.3 Å². The molecule has 0 radical (unpaired) electrons. The van der Waals surface area contributed by atoms with E-state index in [0.29, 0.717) is 22.3 Å². The highest BCUT2D eigenvalue weighted by atomic mass is 35.5. The van der Waals surface area contributed by atoms with Crippen LogP contribution in [0, 0.1) is 0 Å². The number of likely N-dealkylation sites (N-methyl/N-ethyl adjacent to an activating group) is 1. The average molecular weight is 414 g/mol. The minimum absolute atomic E-state index is 0.0831. The molecule has 0 bridgehead atoms. The van der Waals surface area contributed by atoms with E-state index in [9.17, 15) is 9.59 Å². The quantitative estimate of drug-likeness (QED) is 0.693. The molecule has 1 aromatic carbocycles. The van der Waals surface area contributed by atoms with E-state index in [2.05, 4.69) is 10.6 Å². The summed E-state index contributed by atoms with van der Waals surface area (Å²) >= 11 is 13.5. The summed E-state index contributed by atoms with van der Waals surface area (Å²) in [5, 5.41) is 8.45. The van der Waals surface area contributed by atoms with Crippen LogP contribution in [0.1, 0.15) is 11.8 Å². The zero-order valence-corrected chi connectivity index (χ0v) is 16.9. The first-order valence-electron chi connectivity index (χ1n) is 8.12. The molecule has 140 valence electrons. The number of nitrogens with one attached hydrogen (secondary N) is 2. The molecule has 1 aromatic heterocycles. The SMILES string of the molecule is C[C@@H](C(=O)NCCc1cccs1)N(C)CC(=O)Nc1ccc(Cl)c(Cl)c1. The fourth-order valence-corrected chi connectivity index (χ4v) is 3.26. The summed E-state index contributed by atoms with van der Waals surface area (Å²) in [4.78, 5) is 27.3. The molecule has 0 spiro atoms. The van der Waals surface area contributed by atoms with Gasteiger partial charge in [-0.3, -0.25) is 14.5 Å². The highest BCUT2D eigenvalue weighted by Gasteiger charge is 2.20. The second-order valence-electron chi connectivity index (χ2n) is 5.89. The van der Waals surface area contributed by atoms with Gasteiger partial charge in [-0.25, -0.2) is 0 Å². The number of benzene rings is 1. The molecule has 8 heteroatoms. The van der Waals surface area contributed by atoms with Gasteiger partial charge < -0.3 is 10.6 Å².